The molecule has 6 atom stereocenters. The molecule has 6 rings (SSSR count). The van der Waals surface area contributed by atoms with Crippen molar-refractivity contribution in [3.8, 4) is 11.5 Å². The summed E-state index contributed by atoms with van der Waals surface area (Å²) in [6.45, 7) is 0.943. The second-order valence-electron chi connectivity index (χ2n) is 7.37. The third-order valence-electron chi connectivity index (χ3n) is 5.64. The lowest BCUT2D eigenvalue weighted by Crippen LogP contribution is -2.35. The molecule has 6 nitrogen and oxygen atoms in total. The summed E-state index contributed by atoms with van der Waals surface area (Å²) in [4.78, 5) is 0. The van der Waals surface area contributed by atoms with Gasteiger partial charge in [-0.05, 0) is 11.5 Å². The van der Waals surface area contributed by atoms with Gasteiger partial charge in [-0.3, -0.25) is 0 Å². The fraction of sp³-hybridized carbons (Fsp3) is 0.500. The van der Waals surface area contributed by atoms with Crippen LogP contribution in [-0.4, -0.2) is 49.8 Å². The third-order valence-corrected chi connectivity index (χ3v) is 6.33. The molecule has 0 radical (unpaired) electrons. The van der Waals surface area contributed by atoms with E-state index in [4.69, 9.17) is 51.6 Å². The van der Waals surface area contributed by atoms with Crippen LogP contribution >= 0.6 is 23.2 Å². The number of hydrogen-bond acceptors (Lipinski definition) is 6. The van der Waals surface area contributed by atoms with Crippen LogP contribution < -0.4 is 9.47 Å². The maximum Gasteiger partial charge on any atom is 0.199 e. The monoisotopic (exact) mass is 424 g/mol. The van der Waals surface area contributed by atoms with Gasteiger partial charge in [0.2, 0.25) is 0 Å². The first-order valence-electron chi connectivity index (χ1n) is 9.35. The van der Waals surface area contributed by atoms with Gasteiger partial charge in [0, 0.05) is 16.5 Å². The molecular formula is C20H18Cl2O6. The van der Waals surface area contributed by atoms with Crippen molar-refractivity contribution in [1.29, 1.82) is 0 Å². The molecule has 0 N–H and O–H groups in total. The lowest BCUT2D eigenvalue weighted by atomic mass is 9.90. The van der Waals surface area contributed by atoms with Crippen molar-refractivity contribution in [1.82, 2.24) is 0 Å². The lowest BCUT2D eigenvalue weighted by molar-refractivity contribution is -0.140. The summed E-state index contributed by atoms with van der Waals surface area (Å²) in [7, 11) is 0. The minimum Gasteiger partial charge on any atom is -0.476 e. The first-order valence-corrected chi connectivity index (χ1v) is 10.4. The Hall–Kier alpha value is -1.28. The molecule has 4 bridgehead atoms. The van der Waals surface area contributed by atoms with Crippen molar-refractivity contribution >= 4 is 34.0 Å². The highest BCUT2D eigenvalue weighted by Crippen LogP contribution is 2.56. The van der Waals surface area contributed by atoms with Crippen LogP contribution in [0.25, 0.3) is 10.8 Å². The first-order chi connectivity index (χ1) is 13.8. The maximum atomic E-state index is 6.33. The van der Waals surface area contributed by atoms with E-state index in [1.165, 1.54) is 0 Å². The largest absolute Gasteiger partial charge is 0.476 e. The van der Waals surface area contributed by atoms with Crippen LogP contribution in [0.2, 0.25) is 0 Å². The molecule has 0 saturated carbocycles. The van der Waals surface area contributed by atoms with E-state index in [0.717, 1.165) is 33.4 Å². The quantitative estimate of drug-likeness (QED) is 0.697. The molecule has 2 saturated heterocycles. The Labute approximate surface area is 171 Å². The van der Waals surface area contributed by atoms with Crippen LogP contribution in [0.5, 0.6) is 11.5 Å². The average Bonchev–Trinajstić information content (AvgIpc) is 3.35. The molecule has 0 aromatic heterocycles. The minimum absolute atomic E-state index is 0.102. The maximum absolute atomic E-state index is 6.33. The second kappa shape index (κ2) is 6.62. The van der Waals surface area contributed by atoms with Gasteiger partial charge in [0.1, 0.15) is 0 Å². The number of rotatable bonds is 4. The van der Waals surface area contributed by atoms with Gasteiger partial charge in [-0.1, -0.05) is 18.2 Å². The molecule has 2 aromatic rings. The highest BCUT2D eigenvalue weighted by molar-refractivity contribution is 6.18. The van der Waals surface area contributed by atoms with E-state index >= 15 is 0 Å². The first kappa shape index (κ1) is 17.6. The predicted molar refractivity (Wildman–Crippen MR) is 101 cm³/mol. The second-order valence-corrected chi connectivity index (χ2v) is 7.99. The minimum atomic E-state index is -0.495. The Balaban J connectivity index is 1.36. The summed E-state index contributed by atoms with van der Waals surface area (Å²) in [5.74, 6) is 2.24. The standard InChI is InChI=1S/C20H18Cl2O6/c21-5-9-7-23-19(25-9)17-12-3-1-2-11-13(12)4-14-16(15(11)27-17)28-18(14)20-24-8-10(6-22)26-20/h1-4,9-10,17-20H,5-8H2. The molecule has 0 spiro atoms. The number of alkyl halides is 2. The van der Waals surface area contributed by atoms with Crippen molar-refractivity contribution in [2.45, 2.75) is 37.0 Å². The molecule has 0 aliphatic carbocycles. The van der Waals surface area contributed by atoms with E-state index in [1.807, 2.05) is 18.2 Å². The van der Waals surface area contributed by atoms with Crippen LogP contribution in [0.15, 0.2) is 24.3 Å². The van der Waals surface area contributed by atoms with Crippen molar-refractivity contribution in [3.05, 3.63) is 35.4 Å². The number of benzene rings is 2. The van der Waals surface area contributed by atoms with Crippen molar-refractivity contribution in [3.63, 3.8) is 0 Å². The van der Waals surface area contributed by atoms with Gasteiger partial charge in [0.15, 0.2) is 36.3 Å². The van der Waals surface area contributed by atoms with Gasteiger partial charge in [0.25, 0.3) is 0 Å². The summed E-state index contributed by atoms with van der Waals surface area (Å²) in [6, 6.07) is 8.23. The van der Waals surface area contributed by atoms with Crippen molar-refractivity contribution in [2.24, 2.45) is 0 Å². The van der Waals surface area contributed by atoms with E-state index in [0.29, 0.717) is 25.0 Å². The van der Waals surface area contributed by atoms with Gasteiger partial charge in [-0.25, -0.2) is 0 Å². The summed E-state index contributed by atoms with van der Waals surface area (Å²) in [5, 5.41) is 2.12. The fourth-order valence-electron chi connectivity index (χ4n) is 4.26. The topological polar surface area (TPSA) is 55.4 Å². The number of halogens is 2. The summed E-state index contributed by atoms with van der Waals surface area (Å²) < 4.78 is 35.6. The van der Waals surface area contributed by atoms with E-state index in [-0.39, 0.29) is 24.4 Å². The van der Waals surface area contributed by atoms with Gasteiger partial charge >= 0.3 is 0 Å². The van der Waals surface area contributed by atoms with E-state index < -0.39 is 12.6 Å². The molecule has 8 heteroatoms. The molecule has 0 amide bonds. The zero-order valence-electron chi connectivity index (χ0n) is 14.8. The molecule has 28 heavy (non-hydrogen) atoms. The van der Waals surface area contributed by atoms with Crippen LogP contribution in [0.1, 0.15) is 23.3 Å². The molecule has 148 valence electrons. The van der Waals surface area contributed by atoms with Crippen LogP contribution in [0, 0.1) is 0 Å². The van der Waals surface area contributed by atoms with E-state index in [1.54, 1.807) is 0 Å². The molecule has 2 fully saturated rings. The number of hydrogen-bond donors (Lipinski definition) is 0. The SMILES string of the molecule is ClCC1COC(C2Oc3c2cc2c4cccc2c3OC4C2OCC(CCl)O2)O1. The summed E-state index contributed by atoms with van der Waals surface area (Å²) in [6.07, 6.45) is -1.81. The normalized spacial score (nSPS) is 35.5. The molecule has 4 aliphatic rings. The van der Waals surface area contributed by atoms with E-state index in [9.17, 15) is 0 Å². The molecule has 4 heterocycles. The van der Waals surface area contributed by atoms with Crippen molar-refractivity contribution < 1.29 is 28.4 Å². The smallest absolute Gasteiger partial charge is 0.199 e. The molecule has 6 unspecified atom stereocenters. The van der Waals surface area contributed by atoms with Crippen LogP contribution in [-0.2, 0) is 18.9 Å². The Kier molecular flexibility index (Phi) is 4.15. The highest BCUT2D eigenvalue weighted by atomic mass is 35.5. The predicted octanol–water partition coefficient (Wildman–Crippen LogP) is 3.67. The van der Waals surface area contributed by atoms with Crippen molar-refractivity contribution in [2.75, 3.05) is 25.0 Å². The van der Waals surface area contributed by atoms with E-state index in [2.05, 4.69) is 6.07 Å². The Morgan fingerprint density at radius 2 is 1.43 bits per heavy atom. The van der Waals surface area contributed by atoms with Gasteiger partial charge in [0.05, 0.1) is 37.2 Å². The molecule has 4 aliphatic heterocycles. The Bertz CT molecular complexity index is 937. The fourth-order valence-corrected chi connectivity index (χ4v) is 4.59. The Morgan fingerprint density at radius 3 is 2.07 bits per heavy atom. The van der Waals surface area contributed by atoms with Gasteiger partial charge in [-0.15, -0.1) is 23.2 Å². The van der Waals surface area contributed by atoms with Gasteiger partial charge < -0.3 is 28.4 Å². The zero-order chi connectivity index (χ0) is 18.8. The van der Waals surface area contributed by atoms with Crippen LogP contribution in [0.4, 0.5) is 0 Å². The highest BCUT2D eigenvalue weighted by Gasteiger charge is 2.47. The average molecular weight is 425 g/mol. The summed E-state index contributed by atoms with van der Waals surface area (Å²) in [5.41, 5.74) is 2.06. The molecule has 2 aromatic carbocycles. The van der Waals surface area contributed by atoms with Crippen LogP contribution in [0.3, 0.4) is 0 Å². The third kappa shape index (κ3) is 2.49. The number of fused-ring (bicyclic) bond motifs is 2. The molecular weight excluding hydrogens is 407 g/mol. The van der Waals surface area contributed by atoms with Gasteiger partial charge in [-0.2, -0.15) is 0 Å². The number of ether oxygens (including phenoxy) is 6. The Morgan fingerprint density at radius 1 is 0.786 bits per heavy atom. The zero-order valence-corrected chi connectivity index (χ0v) is 16.3. The lowest BCUT2D eigenvalue weighted by Gasteiger charge is -2.39. The summed E-state index contributed by atoms with van der Waals surface area (Å²) >= 11 is 11.8.